The zero-order chi connectivity index (χ0) is 26.5. The number of amides is 1. The first-order valence-electron chi connectivity index (χ1n) is 12.3. The van der Waals surface area contributed by atoms with Crippen LogP contribution in [0.1, 0.15) is 41.7 Å². The average molecular weight is 508 g/mol. The van der Waals surface area contributed by atoms with Gasteiger partial charge >= 0.3 is 0 Å². The van der Waals surface area contributed by atoms with Gasteiger partial charge in [0, 0.05) is 5.69 Å². The van der Waals surface area contributed by atoms with Crippen molar-refractivity contribution < 1.29 is 4.79 Å². The molecule has 0 aliphatic carbocycles. The number of nitrogens with zero attached hydrogens (tertiary/aromatic N) is 2. The van der Waals surface area contributed by atoms with Crippen molar-refractivity contribution in [1.82, 2.24) is 4.57 Å². The minimum absolute atomic E-state index is 0.0980. The Bertz CT molecular complexity index is 1670. The van der Waals surface area contributed by atoms with Gasteiger partial charge in [-0.2, -0.15) is 5.26 Å². The van der Waals surface area contributed by atoms with Crippen molar-refractivity contribution in [2.75, 3.05) is 5.32 Å². The zero-order valence-corrected chi connectivity index (χ0v) is 22.3. The number of aryl methyl sites for hydroxylation is 4. The molecule has 1 N–H and O–H groups in total. The molecule has 0 spiro atoms. The summed E-state index contributed by atoms with van der Waals surface area (Å²) in [6.45, 7) is 8.08. The summed E-state index contributed by atoms with van der Waals surface area (Å²) in [5.41, 5.74) is 6.07. The van der Waals surface area contributed by atoms with E-state index in [1.807, 2.05) is 82.3 Å². The summed E-state index contributed by atoms with van der Waals surface area (Å²) in [6.07, 6.45) is 3.32. The van der Waals surface area contributed by atoms with Gasteiger partial charge in [-0.05, 0) is 67.2 Å². The lowest BCUT2D eigenvalue weighted by atomic mass is 10.0. The Morgan fingerprint density at radius 3 is 2.27 bits per heavy atom. The number of para-hydroxylation sites is 2. The second kappa shape index (κ2) is 11.2. The lowest BCUT2D eigenvalue weighted by Gasteiger charge is -2.14. The number of rotatable bonds is 6. The molecule has 1 aromatic heterocycles. The maximum Gasteiger partial charge on any atom is 0.273 e. The zero-order valence-electron chi connectivity index (χ0n) is 21.5. The standard InChI is InChI=1S/C31H29N3O2S/c1-5-22-11-10-12-23(6-2)28(22)33-29(35)26(19-32)31-34(25-13-8-7-9-14-25)30(36)27(37-31)18-24-16-15-20(3)17-21(24)4/h7-18H,5-6H2,1-4H3,(H,33,35)/b27-18-,31-26+. The molecule has 0 unspecified atom stereocenters. The number of carbonyl (C=O) groups is 1. The third kappa shape index (κ3) is 5.32. The predicted molar refractivity (Wildman–Crippen MR) is 151 cm³/mol. The highest BCUT2D eigenvalue weighted by Crippen LogP contribution is 2.23. The Balaban J connectivity index is 1.97. The summed E-state index contributed by atoms with van der Waals surface area (Å²) in [6, 6.07) is 23.2. The monoisotopic (exact) mass is 507 g/mol. The number of nitriles is 1. The largest absolute Gasteiger partial charge is 0.321 e. The van der Waals surface area contributed by atoms with Crippen LogP contribution in [0, 0.1) is 25.2 Å². The van der Waals surface area contributed by atoms with Crippen LogP contribution < -0.4 is 20.1 Å². The highest BCUT2D eigenvalue weighted by atomic mass is 32.1. The highest BCUT2D eigenvalue weighted by molar-refractivity contribution is 7.07. The van der Waals surface area contributed by atoms with Gasteiger partial charge in [0.25, 0.3) is 11.5 Å². The Morgan fingerprint density at radius 2 is 1.68 bits per heavy atom. The smallest absolute Gasteiger partial charge is 0.273 e. The van der Waals surface area contributed by atoms with Crippen LogP contribution in [0.5, 0.6) is 0 Å². The van der Waals surface area contributed by atoms with E-state index in [4.69, 9.17) is 0 Å². The molecule has 0 aliphatic heterocycles. The van der Waals surface area contributed by atoms with Gasteiger partial charge in [-0.1, -0.05) is 74.0 Å². The van der Waals surface area contributed by atoms with Crippen LogP contribution >= 0.6 is 11.3 Å². The molecule has 4 rings (SSSR count). The van der Waals surface area contributed by atoms with Crippen LogP contribution in [0.25, 0.3) is 17.3 Å². The molecule has 1 heterocycles. The fourth-order valence-electron chi connectivity index (χ4n) is 4.37. The van der Waals surface area contributed by atoms with Gasteiger partial charge in [-0.25, -0.2) is 0 Å². The van der Waals surface area contributed by atoms with Gasteiger partial charge in [0.2, 0.25) is 0 Å². The molecule has 1 amide bonds. The van der Waals surface area contributed by atoms with E-state index in [0.717, 1.165) is 57.7 Å². The van der Waals surface area contributed by atoms with E-state index in [9.17, 15) is 14.9 Å². The number of carbonyl (C=O) groups excluding carboxylic acids is 1. The number of thiazole rings is 1. The van der Waals surface area contributed by atoms with E-state index in [-0.39, 0.29) is 11.1 Å². The molecular formula is C31H29N3O2S. The van der Waals surface area contributed by atoms with Crippen LogP contribution in [0.15, 0.2) is 71.5 Å². The van der Waals surface area contributed by atoms with Crippen LogP contribution in [-0.4, -0.2) is 10.5 Å². The molecule has 0 bridgehead atoms. The summed E-state index contributed by atoms with van der Waals surface area (Å²) in [7, 11) is 0. The Labute approximate surface area is 220 Å². The van der Waals surface area contributed by atoms with E-state index >= 15 is 0 Å². The predicted octanol–water partition coefficient (Wildman–Crippen LogP) is 4.78. The maximum atomic E-state index is 13.7. The normalized spacial score (nSPS) is 12.2. The molecule has 0 fully saturated rings. The first kappa shape index (κ1) is 25.9. The summed E-state index contributed by atoms with van der Waals surface area (Å²) in [5, 5.41) is 13.1. The fraction of sp³-hybridized carbons (Fsp3) is 0.194. The van der Waals surface area contributed by atoms with E-state index in [2.05, 4.69) is 17.5 Å². The van der Waals surface area contributed by atoms with E-state index in [0.29, 0.717) is 14.9 Å². The number of benzene rings is 3. The Morgan fingerprint density at radius 1 is 1.00 bits per heavy atom. The van der Waals surface area contributed by atoms with Crippen LogP contribution in [0.4, 0.5) is 5.69 Å². The molecule has 186 valence electrons. The lowest BCUT2D eigenvalue weighted by molar-refractivity contribution is -0.111. The van der Waals surface area contributed by atoms with Crippen LogP contribution in [0.3, 0.4) is 0 Å². The van der Waals surface area contributed by atoms with Crippen LogP contribution in [0.2, 0.25) is 0 Å². The highest BCUT2D eigenvalue weighted by Gasteiger charge is 2.19. The lowest BCUT2D eigenvalue weighted by Crippen LogP contribution is -2.32. The quantitative estimate of drug-likeness (QED) is 0.408. The van der Waals surface area contributed by atoms with Crippen molar-refractivity contribution >= 4 is 34.6 Å². The summed E-state index contributed by atoms with van der Waals surface area (Å²) in [5.74, 6) is -0.526. The minimum Gasteiger partial charge on any atom is -0.321 e. The molecule has 0 radical (unpaired) electrons. The molecule has 4 aromatic rings. The summed E-state index contributed by atoms with van der Waals surface area (Å²) in [4.78, 5) is 27.2. The van der Waals surface area contributed by atoms with E-state index in [1.54, 1.807) is 12.1 Å². The third-order valence-corrected chi connectivity index (χ3v) is 7.43. The second-order valence-corrected chi connectivity index (χ2v) is 9.88. The van der Waals surface area contributed by atoms with Gasteiger partial charge < -0.3 is 5.32 Å². The summed E-state index contributed by atoms with van der Waals surface area (Å²) >= 11 is 1.15. The Hall–Kier alpha value is -4.21. The first-order chi connectivity index (χ1) is 17.9. The molecule has 0 atom stereocenters. The molecule has 3 aromatic carbocycles. The third-order valence-electron chi connectivity index (χ3n) is 6.34. The van der Waals surface area contributed by atoms with Crippen molar-refractivity contribution in [2.24, 2.45) is 0 Å². The van der Waals surface area contributed by atoms with Gasteiger partial charge in [-0.3, -0.25) is 14.2 Å². The van der Waals surface area contributed by atoms with Crippen molar-refractivity contribution in [3.8, 4) is 11.8 Å². The summed E-state index contributed by atoms with van der Waals surface area (Å²) < 4.78 is 2.22. The molecular weight excluding hydrogens is 478 g/mol. The maximum absolute atomic E-state index is 13.7. The van der Waals surface area contributed by atoms with Crippen LogP contribution in [-0.2, 0) is 17.6 Å². The molecule has 0 saturated heterocycles. The van der Waals surface area contributed by atoms with Gasteiger partial charge in [0.15, 0.2) is 5.57 Å². The number of anilines is 1. The minimum atomic E-state index is -0.526. The number of hydrogen-bond acceptors (Lipinski definition) is 4. The second-order valence-electron chi connectivity index (χ2n) is 8.85. The van der Waals surface area contributed by atoms with Gasteiger partial charge in [0.1, 0.15) is 10.7 Å². The molecule has 6 heteroatoms. The number of nitrogens with one attached hydrogen (secondary N) is 1. The van der Waals surface area contributed by atoms with Crippen molar-refractivity contribution in [3.63, 3.8) is 0 Å². The van der Waals surface area contributed by atoms with E-state index < -0.39 is 5.91 Å². The number of aromatic nitrogens is 1. The number of hydrogen-bond donors (Lipinski definition) is 1. The molecule has 37 heavy (non-hydrogen) atoms. The fourth-order valence-corrected chi connectivity index (χ4v) is 5.46. The molecule has 5 nitrogen and oxygen atoms in total. The first-order valence-corrected chi connectivity index (χ1v) is 13.1. The molecule has 0 aliphatic rings. The SMILES string of the molecule is CCc1cccc(CC)c1NC(=O)/C(C#N)=c1/s/c(=C\c2ccc(C)cc2C)c(=O)n1-c1ccccc1. The molecule has 0 saturated carbocycles. The van der Waals surface area contributed by atoms with Crippen molar-refractivity contribution in [2.45, 2.75) is 40.5 Å². The van der Waals surface area contributed by atoms with Gasteiger partial charge in [0.05, 0.1) is 10.2 Å². The average Bonchev–Trinajstić information content (AvgIpc) is 3.21. The van der Waals surface area contributed by atoms with Crippen molar-refractivity contribution in [3.05, 3.63) is 114 Å². The van der Waals surface area contributed by atoms with Crippen molar-refractivity contribution in [1.29, 1.82) is 5.26 Å². The topological polar surface area (TPSA) is 74.9 Å². The van der Waals surface area contributed by atoms with E-state index in [1.165, 1.54) is 4.57 Å². The Kier molecular flexibility index (Phi) is 7.86. The van der Waals surface area contributed by atoms with Gasteiger partial charge in [-0.15, -0.1) is 11.3 Å².